The number of aromatic nitrogens is 1. The molecule has 1 atom stereocenters. The van der Waals surface area contributed by atoms with Crippen molar-refractivity contribution in [1.82, 2.24) is 4.98 Å². The van der Waals surface area contributed by atoms with Gasteiger partial charge in [-0.2, -0.15) is 0 Å². The van der Waals surface area contributed by atoms with E-state index in [4.69, 9.17) is 0 Å². The van der Waals surface area contributed by atoms with E-state index in [1.165, 1.54) is 25.1 Å². The second-order valence-corrected chi connectivity index (χ2v) is 5.03. The molecule has 1 aliphatic carbocycles. The van der Waals surface area contributed by atoms with Crippen molar-refractivity contribution in [2.24, 2.45) is 5.92 Å². The van der Waals surface area contributed by atoms with Gasteiger partial charge >= 0.3 is 0 Å². The van der Waals surface area contributed by atoms with Crippen LogP contribution >= 0.6 is 0 Å². The van der Waals surface area contributed by atoms with Gasteiger partial charge in [-0.1, -0.05) is 12.8 Å². The van der Waals surface area contributed by atoms with Gasteiger partial charge in [0.1, 0.15) is 0 Å². The molecule has 2 N–H and O–H groups in total. The lowest BCUT2D eigenvalue weighted by Gasteiger charge is -2.30. The highest BCUT2D eigenvalue weighted by molar-refractivity contribution is 5.35. The van der Waals surface area contributed by atoms with Crippen molar-refractivity contribution in [3.05, 3.63) is 24.1 Å². The van der Waals surface area contributed by atoms with Crippen molar-refractivity contribution in [1.29, 1.82) is 0 Å². The van der Waals surface area contributed by atoms with Gasteiger partial charge in [0.25, 0.3) is 0 Å². The first-order chi connectivity index (χ1) is 8.09. The van der Waals surface area contributed by atoms with Gasteiger partial charge in [-0.3, -0.25) is 0 Å². The van der Waals surface area contributed by atoms with Crippen LogP contribution in [0.15, 0.2) is 18.3 Å². The summed E-state index contributed by atoms with van der Waals surface area (Å²) in [5, 5.41) is 13.2. The SMILES string of the molecule is C[C@@](O)(CNc1ncccc1F)C1CCCC1. The maximum atomic E-state index is 13.3. The van der Waals surface area contributed by atoms with Gasteiger partial charge in [0.05, 0.1) is 5.60 Å². The molecule has 0 amide bonds. The summed E-state index contributed by atoms with van der Waals surface area (Å²) in [5.41, 5.74) is -0.791. The van der Waals surface area contributed by atoms with Crippen molar-refractivity contribution in [2.45, 2.75) is 38.2 Å². The lowest BCUT2D eigenvalue weighted by atomic mass is 9.88. The second-order valence-electron chi connectivity index (χ2n) is 5.03. The Bertz CT molecular complexity index is 375. The number of rotatable bonds is 4. The van der Waals surface area contributed by atoms with Gasteiger partial charge < -0.3 is 10.4 Å². The number of pyridine rings is 1. The largest absolute Gasteiger partial charge is 0.388 e. The Hall–Kier alpha value is -1.16. The normalized spacial score (nSPS) is 20.2. The van der Waals surface area contributed by atoms with E-state index in [0.29, 0.717) is 12.5 Å². The Morgan fingerprint density at radius 3 is 2.88 bits per heavy atom. The number of hydrogen-bond acceptors (Lipinski definition) is 3. The van der Waals surface area contributed by atoms with Crippen molar-refractivity contribution in [3.8, 4) is 0 Å². The molecular formula is C13H19FN2O. The lowest BCUT2D eigenvalue weighted by molar-refractivity contribution is 0.0141. The molecule has 1 fully saturated rings. The molecule has 17 heavy (non-hydrogen) atoms. The molecule has 1 aromatic rings. The first-order valence-electron chi connectivity index (χ1n) is 6.16. The predicted molar refractivity (Wildman–Crippen MR) is 65.3 cm³/mol. The van der Waals surface area contributed by atoms with E-state index >= 15 is 0 Å². The van der Waals surface area contributed by atoms with Crippen LogP contribution in [0.25, 0.3) is 0 Å². The minimum atomic E-state index is -0.791. The van der Waals surface area contributed by atoms with Gasteiger partial charge in [0.15, 0.2) is 11.6 Å². The van der Waals surface area contributed by atoms with Crippen LogP contribution in [0, 0.1) is 11.7 Å². The molecule has 1 aliphatic rings. The molecule has 0 radical (unpaired) electrons. The summed E-state index contributed by atoms with van der Waals surface area (Å²) in [5.74, 6) is 0.141. The third-order valence-corrected chi connectivity index (χ3v) is 3.61. The zero-order valence-electron chi connectivity index (χ0n) is 10.1. The van der Waals surface area contributed by atoms with E-state index in [2.05, 4.69) is 10.3 Å². The standard InChI is InChI=1S/C13H19FN2O/c1-13(17,10-5-2-3-6-10)9-16-12-11(14)7-4-8-15-12/h4,7-8,10,17H,2-3,5-6,9H2,1H3,(H,15,16)/t13-/m1/s1. The van der Waals surface area contributed by atoms with Crippen molar-refractivity contribution in [3.63, 3.8) is 0 Å². The molecule has 0 spiro atoms. The molecular weight excluding hydrogens is 219 g/mol. The summed E-state index contributed by atoms with van der Waals surface area (Å²) >= 11 is 0. The minimum absolute atomic E-state index is 0.214. The number of hydrogen-bond donors (Lipinski definition) is 2. The van der Waals surface area contributed by atoms with E-state index in [-0.39, 0.29) is 11.6 Å². The number of nitrogens with zero attached hydrogens (tertiary/aromatic N) is 1. The Kier molecular flexibility index (Phi) is 3.62. The number of halogens is 1. The van der Waals surface area contributed by atoms with Gasteiger partial charge in [-0.05, 0) is 37.8 Å². The van der Waals surface area contributed by atoms with E-state index in [9.17, 15) is 9.50 Å². The maximum Gasteiger partial charge on any atom is 0.165 e. The summed E-state index contributed by atoms with van der Waals surface area (Å²) in [4.78, 5) is 3.91. The Morgan fingerprint density at radius 1 is 1.53 bits per heavy atom. The number of nitrogens with one attached hydrogen (secondary N) is 1. The molecule has 0 saturated heterocycles. The minimum Gasteiger partial charge on any atom is -0.388 e. The average Bonchev–Trinajstić information content (AvgIpc) is 2.82. The first-order valence-corrected chi connectivity index (χ1v) is 6.16. The zero-order chi connectivity index (χ0) is 12.3. The summed E-state index contributed by atoms with van der Waals surface area (Å²) in [7, 11) is 0. The molecule has 4 heteroatoms. The van der Waals surface area contributed by atoms with Crippen LogP contribution in [-0.4, -0.2) is 22.2 Å². The fourth-order valence-electron chi connectivity index (χ4n) is 2.47. The van der Waals surface area contributed by atoms with Gasteiger partial charge in [0, 0.05) is 12.7 Å². The first kappa shape index (κ1) is 12.3. The average molecular weight is 238 g/mol. The number of anilines is 1. The smallest absolute Gasteiger partial charge is 0.165 e. The van der Waals surface area contributed by atoms with Crippen LogP contribution in [0.1, 0.15) is 32.6 Å². The molecule has 3 nitrogen and oxygen atoms in total. The summed E-state index contributed by atoms with van der Waals surface area (Å²) in [6.07, 6.45) is 6.01. The van der Waals surface area contributed by atoms with Crippen LogP contribution in [0.3, 0.4) is 0 Å². The number of aliphatic hydroxyl groups is 1. The van der Waals surface area contributed by atoms with E-state index in [0.717, 1.165) is 12.8 Å². The molecule has 0 bridgehead atoms. The predicted octanol–water partition coefficient (Wildman–Crippen LogP) is 2.57. The van der Waals surface area contributed by atoms with Crippen LogP contribution in [0.5, 0.6) is 0 Å². The Balaban J connectivity index is 1.95. The molecule has 0 aliphatic heterocycles. The zero-order valence-corrected chi connectivity index (χ0v) is 10.1. The Morgan fingerprint density at radius 2 is 2.24 bits per heavy atom. The van der Waals surface area contributed by atoms with Crippen molar-refractivity contribution < 1.29 is 9.50 Å². The third kappa shape index (κ3) is 2.94. The van der Waals surface area contributed by atoms with Gasteiger partial charge in [-0.25, -0.2) is 9.37 Å². The summed E-state index contributed by atoms with van der Waals surface area (Å²) in [6.45, 7) is 2.16. The summed E-state index contributed by atoms with van der Waals surface area (Å²) in [6, 6.07) is 2.91. The van der Waals surface area contributed by atoms with Crippen molar-refractivity contribution >= 4 is 5.82 Å². The highest BCUT2D eigenvalue weighted by atomic mass is 19.1. The fraction of sp³-hybridized carbons (Fsp3) is 0.615. The topological polar surface area (TPSA) is 45.1 Å². The molecule has 0 aromatic carbocycles. The molecule has 0 unspecified atom stereocenters. The van der Waals surface area contributed by atoms with Crippen molar-refractivity contribution in [2.75, 3.05) is 11.9 Å². The van der Waals surface area contributed by atoms with Crippen LogP contribution in [-0.2, 0) is 0 Å². The van der Waals surface area contributed by atoms with Crippen LogP contribution in [0.4, 0.5) is 10.2 Å². The quantitative estimate of drug-likeness (QED) is 0.847. The molecule has 94 valence electrons. The van der Waals surface area contributed by atoms with Gasteiger partial charge in [-0.15, -0.1) is 0 Å². The van der Waals surface area contributed by atoms with E-state index in [1.807, 2.05) is 6.92 Å². The van der Waals surface area contributed by atoms with E-state index in [1.54, 1.807) is 6.07 Å². The summed E-state index contributed by atoms with van der Waals surface area (Å²) < 4.78 is 13.3. The van der Waals surface area contributed by atoms with Gasteiger partial charge in [0.2, 0.25) is 0 Å². The third-order valence-electron chi connectivity index (χ3n) is 3.61. The molecule has 1 aromatic heterocycles. The van der Waals surface area contributed by atoms with Crippen LogP contribution < -0.4 is 5.32 Å². The Labute approximate surface area is 101 Å². The molecule has 1 heterocycles. The maximum absolute atomic E-state index is 13.3. The van der Waals surface area contributed by atoms with Crippen LogP contribution in [0.2, 0.25) is 0 Å². The fourth-order valence-corrected chi connectivity index (χ4v) is 2.47. The molecule has 1 saturated carbocycles. The second kappa shape index (κ2) is 5.00. The lowest BCUT2D eigenvalue weighted by Crippen LogP contribution is -2.40. The highest BCUT2D eigenvalue weighted by Crippen LogP contribution is 2.34. The monoisotopic (exact) mass is 238 g/mol. The molecule has 2 rings (SSSR count). The highest BCUT2D eigenvalue weighted by Gasteiger charge is 2.33. The van der Waals surface area contributed by atoms with E-state index < -0.39 is 5.60 Å².